The molecule has 2 saturated heterocycles. The summed E-state index contributed by atoms with van der Waals surface area (Å²) in [6, 6.07) is 0.743. The third-order valence-corrected chi connectivity index (χ3v) is 5.48. The van der Waals surface area contributed by atoms with Crippen LogP contribution in [-0.2, 0) is 19.5 Å². The molecule has 2 unspecified atom stereocenters. The fourth-order valence-electron chi connectivity index (χ4n) is 3.84. The van der Waals surface area contributed by atoms with Crippen LogP contribution in [0.1, 0.15) is 44.5 Å². The molecule has 1 aromatic heterocycles. The van der Waals surface area contributed by atoms with Crippen molar-refractivity contribution in [2.24, 2.45) is 5.92 Å². The summed E-state index contributed by atoms with van der Waals surface area (Å²) in [6.07, 6.45) is 4.87. The van der Waals surface area contributed by atoms with Gasteiger partial charge in [0, 0.05) is 32.2 Å². The van der Waals surface area contributed by atoms with Crippen LogP contribution in [0.3, 0.4) is 0 Å². The molecule has 0 spiro atoms. The van der Waals surface area contributed by atoms with Crippen LogP contribution in [-0.4, -0.2) is 40.4 Å². The van der Waals surface area contributed by atoms with Gasteiger partial charge in [-0.15, -0.1) is 0 Å². The van der Waals surface area contributed by atoms with E-state index in [2.05, 4.69) is 33.8 Å². The van der Waals surface area contributed by atoms with Crippen molar-refractivity contribution < 1.29 is 0 Å². The molecule has 4 nitrogen and oxygen atoms in total. The minimum Gasteiger partial charge on any atom is -0.314 e. The first kappa shape index (κ1) is 15.3. The summed E-state index contributed by atoms with van der Waals surface area (Å²) in [7, 11) is 0. The average Bonchev–Trinajstić information content (AvgIpc) is 2.83. The van der Waals surface area contributed by atoms with Crippen molar-refractivity contribution in [1.29, 1.82) is 0 Å². The van der Waals surface area contributed by atoms with E-state index >= 15 is 0 Å². The molecular formula is C16H27ClN4. The predicted octanol–water partition coefficient (Wildman–Crippen LogP) is 2.69. The van der Waals surface area contributed by atoms with E-state index in [0.29, 0.717) is 0 Å². The normalized spacial score (nSPS) is 26.8. The van der Waals surface area contributed by atoms with Crippen molar-refractivity contribution in [1.82, 2.24) is 20.0 Å². The van der Waals surface area contributed by atoms with Gasteiger partial charge in [0.25, 0.3) is 0 Å². The van der Waals surface area contributed by atoms with Crippen LogP contribution in [0.2, 0.25) is 5.02 Å². The minimum atomic E-state index is 0.743. The Morgan fingerprint density at radius 2 is 2.19 bits per heavy atom. The Balaban J connectivity index is 1.70. The van der Waals surface area contributed by atoms with Gasteiger partial charge in [0.05, 0.1) is 16.4 Å². The number of piperidine rings is 2. The maximum absolute atomic E-state index is 6.54. The van der Waals surface area contributed by atoms with Crippen LogP contribution in [0.5, 0.6) is 0 Å². The van der Waals surface area contributed by atoms with E-state index in [4.69, 9.17) is 11.6 Å². The van der Waals surface area contributed by atoms with Crippen LogP contribution in [0.4, 0.5) is 0 Å². The van der Waals surface area contributed by atoms with Crippen molar-refractivity contribution >= 4 is 11.6 Å². The molecule has 0 aliphatic carbocycles. The number of rotatable bonds is 4. The highest BCUT2D eigenvalue weighted by Gasteiger charge is 2.31. The summed E-state index contributed by atoms with van der Waals surface area (Å²) in [5, 5.41) is 9.21. The van der Waals surface area contributed by atoms with E-state index in [1.165, 1.54) is 44.6 Å². The van der Waals surface area contributed by atoms with E-state index in [1.807, 2.05) is 0 Å². The molecule has 2 aliphatic rings. The van der Waals surface area contributed by atoms with E-state index in [-0.39, 0.29) is 0 Å². The number of nitrogens with one attached hydrogen (secondary N) is 1. The molecule has 0 bridgehead atoms. The number of aryl methyl sites for hydroxylation is 2. The predicted molar refractivity (Wildman–Crippen MR) is 86.7 cm³/mol. The van der Waals surface area contributed by atoms with Gasteiger partial charge >= 0.3 is 0 Å². The second-order valence-electron chi connectivity index (χ2n) is 6.36. The molecule has 2 atom stereocenters. The smallest absolute Gasteiger partial charge is 0.0863 e. The van der Waals surface area contributed by atoms with Crippen LogP contribution >= 0.6 is 11.6 Å². The van der Waals surface area contributed by atoms with Crippen molar-refractivity contribution in [3.8, 4) is 0 Å². The lowest BCUT2D eigenvalue weighted by Gasteiger charge is -2.41. The molecule has 118 valence electrons. The zero-order valence-corrected chi connectivity index (χ0v) is 14.0. The van der Waals surface area contributed by atoms with Gasteiger partial charge in [0.15, 0.2) is 0 Å². The van der Waals surface area contributed by atoms with Crippen molar-refractivity contribution in [2.75, 3.05) is 19.6 Å². The monoisotopic (exact) mass is 310 g/mol. The second-order valence-corrected chi connectivity index (χ2v) is 6.74. The first-order chi connectivity index (χ1) is 10.2. The lowest BCUT2D eigenvalue weighted by Crippen LogP contribution is -2.51. The number of fused-ring (bicyclic) bond motifs is 1. The number of hydrogen-bond donors (Lipinski definition) is 1. The Labute approximate surface area is 132 Å². The molecule has 1 N–H and O–H groups in total. The molecule has 21 heavy (non-hydrogen) atoms. The van der Waals surface area contributed by atoms with Crippen molar-refractivity contribution in [3.05, 3.63) is 16.4 Å². The highest BCUT2D eigenvalue weighted by molar-refractivity contribution is 6.31. The van der Waals surface area contributed by atoms with Crippen LogP contribution in [0.25, 0.3) is 0 Å². The van der Waals surface area contributed by atoms with E-state index in [0.717, 1.165) is 42.2 Å². The lowest BCUT2D eigenvalue weighted by atomic mass is 9.85. The first-order valence-electron chi connectivity index (χ1n) is 8.42. The van der Waals surface area contributed by atoms with Gasteiger partial charge in [0.2, 0.25) is 0 Å². The zero-order valence-electron chi connectivity index (χ0n) is 13.2. The SMILES string of the molecule is CCc1nn(CC)c(CN2CCC3NCCCC3C2)c1Cl. The highest BCUT2D eigenvalue weighted by Crippen LogP contribution is 2.28. The van der Waals surface area contributed by atoms with Crippen molar-refractivity contribution in [3.63, 3.8) is 0 Å². The Morgan fingerprint density at radius 3 is 2.95 bits per heavy atom. The summed E-state index contributed by atoms with van der Waals surface area (Å²) in [4.78, 5) is 2.57. The van der Waals surface area contributed by atoms with Gasteiger partial charge in [-0.05, 0) is 45.1 Å². The standard InChI is InChI=1S/C16H27ClN4/c1-3-13-16(17)15(21(4-2)19-13)11-20-9-7-14-12(10-20)6-5-8-18-14/h12,14,18H,3-11H2,1-2H3. The number of nitrogens with zero attached hydrogens (tertiary/aromatic N) is 3. The maximum atomic E-state index is 6.54. The van der Waals surface area contributed by atoms with E-state index in [9.17, 15) is 0 Å². The fraction of sp³-hybridized carbons (Fsp3) is 0.812. The number of hydrogen-bond acceptors (Lipinski definition) is 3. The summed E-state index contributed by atoms with van der Waals surface area (Å²) in [5.41, 5.74) is 2.25. The largest absolute Gasteiger partial charge is 0.314 e. The molecule has 3 heterocycles. The molecule has 2 aliphatic heterocycles. The van der Waals surface area contributed by atoms with Crippen LogP contribution in [0.15, 0.2) is 0 Å². The third kappa shape index (κ3) is 3.13. The molecule has 1 aromatic rings. The maximum Gasteiger partial charge on any atom is 0.0863 e. The molecular weight excluding hydrogens is 284 g/mol. The highest BCUT2D eigenvalue weighted by atomic mass is 35.5. The first-order valence-corrected chi connectivity index (χ1v) is 8.80. The molecule has 2 fully saturated rings. The van der Waals surface area contributed by atoms with Gasteiger partial charge in [-0.1, -0.05) is 18.5 Å². The molecule has 5 heteroatoms. The Hall–Kier alpha value is -0.580. The Morgan fingerprint density at radius 1 is 1.33 bits per heavy atom. The van der Waals surface area contributed by atoms with Gasteiger partial charge in [-0.2, -0.15) is 5.10 Å². The average molecular weight is 311 g/mol. The van der Waals surface area contributed by atoms with E-state index < -0.39 is 0 Å². The van der Waals surface area contributed by atoms with Gasteiger partial charge in [0.1, 0.15) is 0 Å². The molecule has 0 saturated carbocycles. The number of aromatic nitrogens is 2. The second kappa shape index (κ2) is 6.67. The Bertz CT molecular complexity index is 485. The summed E-state index contributed by atoms with van der Waals surface area (Å²) < 4.78 is 2.09. The summed E-state index contributed by atoms with van der Waals surface area (Å²) in [6.45, 7) is 9.68. The molecule has 0 aromatic carbocycles. The van der Waals surface area contributed by atoms with Crippen LogP contribution < -0.4 is 5.32 Å². The van der Waals surface area contributed by atoms with Crippen molar-refractivity contribution in [2.45, 2.75) is 58.7 Å². The van der Waals surface area contributed by atoms with Gasteiger partial charge in [-0.3, -0.25) is 9.58 Å². The van der Waals surface area contributed by atoms with E-state index in [1.54, 1.807) is 0 Å². The number of halogens is 1. The molecule has 0 radical (unpaired) electrons. The fourth-order valence-corrected chi connectivity index (χ4v) is 4.17. The molecule has 0 amide bonds. The number of likely N-dealkylation sites (tertiary alicyclic amines) is 1. The van der Waals surface area contributed by atoms with Gasteiger partial charge in [-0.25, -0.2) is 0 Å². The zero-order chi connectivity index (χ0) is 14.8. The van der Waals surface area contributed by atoms with Gasteiger partial charge < -0.3 is 5.32 Å². The quantitative estimate of drug-likeness (QED) is 0.928. The summed E-state index contributed by atoms with van der Waals surface area (Å²) >= 11 is 6.54. The summed E-state index contributed by atoms with van der Waals surface area (Å²) in [5.74, 6) is 0.815. The van der Waals surface area contributed by atoms with Crippen LogP contribution in [0, 0.1) is 5.92 Å². The minimum absolute atomic E-state index is 0.743. The lowest BCUT2D eigenvalue weighted by molar-refractivity contribution is 0.106. The molecule has 3 rings (SSSR count). The third-order valence-electron chi connectivity index (χ3n) is 5.04. The topological polar surface area (TPSA) is 33.1 Å². The Kier molecular flexibility index (Phi) is 4.87.